The van der Waals surface area contributed by atoms with E-state index in [0.29, 0.717) is 11.4 Å². The Morgan fingerprint density at radius 1 is 1.04 bits per heavy atom. The number of para-hydroxylation sites is 2. The minimum absolute atomic E-state index is 0.307. The predicted molar refractivity (Wildman–Crippen MR) is 88.4 cm³/mol. The lowest BCUT2D eigenvalue weighted by Gasteiger charge is -2.04. The molecule has 0 aliphatic carbocycles. The summed E-state index contributed by atoms with van der Waals surface area (Å²) in [5.74, 6) is -0.252. The first kappa shape index (κ1) is 16.2. The van der Waals surface area contributed by atoms with E-state index in [1.54, 1.807) is 43.5 Å². The van der Waals surface area contributed by atoms with Gasteiger partial charge in [0.25, 0.3) is 0 Å². The van der Waals surface area contributed by atoms with Crippen molar-refractivity contribution in [3.8, 4) is 5.75 Å². The standard InChI is InChI=1S/C17H17N3O3/c1-23-15-10-6-5-7-13(15)12-18-20-17(22)11-16(21)19-14-8-3-2-4-9-14/h2-10,12H,11H2,1H3,(H,19,21)(H,20,22). The number of ether oxygens (including phenoxy) is 1. The molecule has 6 nitrogen and oxygen atoms in total. The second-order valence-corrected chi connectivity index (χ2v) is 4.63. The second-order valence-electron chi connectivity index (χ2n) is 4.63. The third-order valence-corrected chi connectivity index (χ3v) is 2.91. The number of nitrogens with one attached hydrogen (secondary N) is 2. The van der Waals surface area contributed by atoms with Crippen molar-refractivity contribution in [3.05, 3.63) is 60.2 Å². The van der Waals surface area contributed by atoms with Crippen LogP contribution in [0.5, 0.6) is 5.75 Å². The lowest BCUT2D eigenvalue weighted by molar-refractivity contribution is -0.126. The summed E-state index contributed by atoms with van der Waals surface area (Å²) in [5, 5.41) is 6.45. The summed E-state index contributed by atoms with van der Waals surface area (Å²) in [6.45, 7) is 0. The molecule has 0 fully saturated rings. The molecule has 0 heterocycles. The Balaban J connectivity index is 1.83. The monoisotopic (exact) mass is 311 g/mol. The Hall–Kier alpha value is -3.15. The van der Waals surface area contributed by atoms with Crippen molar-refractivity contribution in [2.45, 2.75) is 6.42 Å². The zero-order valence-electron chi connectivity index (χ0n) is 12.7. The average molecular weight is 311 g/mol. The van der Waals surface area contributed by atoms with E-state index in [2.05, 4.69) is 15.8 Å². The van der Waals surface area contributed by atoms with Crippen LogP contribution < -0.4 is 15.5 Å². The lowest BCUT2D eigenvalue weighted by Crippen LogP contribution is -2.24. The van der Waals surface area contributed by atoms with Crippen LogP contribution >= 0.6 is 0 Å². The Kier molecular flexibility index (Phi) is 5.88. The van der Waals surface area contributed by atoms with Crippen molar-refractivity contribution >= 4 is 23.7 Å². The smallest absolute Gasteiger partial charge is 0.249 e. The topological polar surface area (TPSA) is 79.8 Å². The molecule has 0 unspecified atom stereocenters. The van der Waals surface area contributed by atoms with Gasteiger partial charge in [-0.3, -0.25) is 9.59 Å². The zero-order chi connectivity index (χ0) is 16.5. The van der Waals surface area contributed by atoms with Gasteiger partial charge in [0.05, 0.1) is 13.3 Å². The molecule has 2 rings (SSSR count). The maximum Gasteiger partial charge on any atom is 0.249 e. The normalized spacial score (nSPS) is 10.3. The summed E-state index contributed by atoms with van der Waals surface area (Å²) >= 11 is 0. The summed E-state index contributed by atoms with van der Waals surface area (Å²) in [5.41, 5.74) is 3.68. The quantitative estimate of drug-likeness (QED) is 0.487. The molecule has 23 heavy (non-hydrogen) atoms. The highest BCUT2D eigenvalue weighted by Gasteiger charge is 2.08. The number of hydrogen-bond donors (Lipinski definition) is 2. The Morgan fingerprint density at radius 3 is 2.48 bits per heavy atom. The van der Waals surface area contributed by atoms with Crippen molar-refractivity contribution < 1.29 is 14.3 Å². The van der Waals surface area contributed by atoms with Crippen LogP contribution in [-0.4, -0.2) is 25.1 Å². The van der Waals surface area contributed by atoms with E-state index in [1.807, 2.05) is 18.2 Å². The minimum Gasteiger partial charge on any atom is -0.496 e. The third-order valence-electron chi connectivity index (χ3n) is 2.91. The van der Waals surface area contributed by atoms with Gasteiger partial charge in [0, 0.05) is 11.3 Å². The van der Waals surface area contributed by atoms with Gasteiger partial charge in [-0.25, -0.2) is 5.43 Å². The van der Waals surface area contributed by atoms with Gasteiger partial charge in [0.2, 0.25) is 11.8 Å². The van der Waals surface area contributed by atoms with Gasteiger partial charge in [-0.05, 0) is 24.3 Å². The molecule has 0 saturated carbocycles. The predicted octanol–water partition coefficient (Wildman–Crippen LogP) is 2.17. The highest BCUT2D eigenvalue weighted by Crippen LogP contribution is 2.14. The number of amides is 2. The van der Waals surface area contributed by atoms with Gasteiger partial charge in [-0.15, -0.1) is 0 Å². The molecule has 0 bridgehead atoms. The number of benzene rings is 2. The fourth-order valence-corrected chi connectivity index (χ4v) is 1.86. The molecule has 0 saturated heterocycles. The van der Waals surface area contributed by atoms with E-state index in [0.717, 1.165) is 5.56 Å². The molecule has 0 aliphatic rings. The first-order chi connectivity index (χ1) is 11.2. The van der Waals surface area contributed by atoms with E-state index in [-0.39, 0.29) is 6.42 Å². The van der Waals surface area contributed by atoms with E-state index in [9.17, 15) is 9.59 Å². The van der Waals surface area contributed by atoms with E-state index >= 15 is 0 Å². The molecular weight excluding hydrogens is 294 g/mol. The molecular formula is C17H17N3O3. The summed E-state index contributed by atoms with van der Waals surface area (Å²) in [4.78, 5) is 23.4. The van der Waals surface area contributed by atoms with Crippen molar-refractivity contribution in [2.24, 2.45) is 5.10 Å². The lowest BCUT2D eigenvalue weighted by atomic mass is 10.2. The van der Waals surface area contributed by atoms with Crippen LogP contribution in [-0.2, 0) is 9.59 Å². The fraction of sp³-hybridized carbons (Fsp3) is 0.118. The van der Waals surface area contributed by atoms with Gasteiger partial charge in [0.1, 0.15) is 12.2 Å². The van der Waals surface area contributed by atoms with Crippen LogP contribution in [0, 0.1) is 0 Å². The second kappa shape index (κ2) is 8.33. The molecule has 2 aromatic rings. The number of hydrazone groups is 1. The van der Waals surface area contributed by atoms with E-state index in [4.69, 9.17) is 4.74 Å². The van der Waals surface area contributed by atoms with Crippen LogP contribution in [0.15, 0.2) is 59.7 Å². The molecule has 2 N–H and O–H groups in total. The zero-order valence-corrected chi connectivity index (χ0v) is 12.7. The van der Waals surface area contributed by atoms with Crippen molar-refractivity contribution in [1.82, 2.24) is 5.43 Å². The molecule has 0 aliphatic heterocycles. The number of carbonyl (C=O) groups is 2. The van der Waals surface area contributed by atoms with Gasteiger partial charge < -0.3 is 10.1 Å². The van der Waals surface area contributed by atoms with Crippen molar-refractivity contribution in [3.63, 3.8) is 0 Å². The summed E-state index contributed by atoms with van der Waals surface area (Å²) in [6, 6.07) is 16.2. The molecule has 0 radical (unpaired) electrons. The Morgan fingerprint density at radius 2 is 1.74 bits per heavy atom. The van der Waals surface area contributed by atoms with Gasteiger partial charge in [-0.1, -0.05) is 30.3 Å². The minimum atomic E-state index is -0.496. The molecule has 2 amide bonds. The van der Waals surface area contributed by atoms with E-state index in [1.165, 1.54) is 6.21 Å². The van der Waals surface area contributed by atoms with Gasteiger partial charge in [-0.2, -0.15) is 5.10 Å². The molecule has 0 spiro atoms. The number of methoxy groups -OCH3 is 1. The first-order valence-corrected chi connectivity index (χ1v) is 6.99. The van der Waals surface area contributed by atoms with Crippen molar-refractivity contribution in [2.75, 3.05) is 12.4 Å². The Bertz CT molecular complexity index is 699. The Labute approximate surface area is 134 Å². The maximum absolute atomic E-state index is 11.7. The number of hydrogen-bond acceptors (Lipinski definition) is 4. The van der Waals surface area contributed by atoms with E-state index < -0.39 is 11.8 Å². The SMILES string of the molecule is COc1ccccc1C=NNC(=O)CC(=O)Nc1ccccc1. The van der Waals surface area contributed by atoms with Crippen LogP contribution in [0.1, 0.15) is 12.0 Å². The summed E-state index contributed by atoms with van der Waals surface area (Å²) < 4.78 is 5.17. The molecule has 0 atom stereocenters. The highest BCUT2D eigenvalue weighted by molar-refractivity contribution is 6.03. The largest absolute Gasteiger partial charge is 0.496 e. The van der Waals surface area contributed by atoms with Crippen LogP contribution in [0.4, 0.5) is 5.69 Å². The maximum atomic E-state index is 11.7. The first-order valence-electron chi connectivity index (χ1n) is 6.99. The molecule has 6 heteroatoms. The van der Waals surface area contributed by atoms with Crippen LogP contribution in [0.25, 0.3) is 0 Å². The summed E-state index contributed by atoms with van der Waals surface area (Å²) in [7, 11) is 1.55. The number of anilines is 1. The van der Waals surface area contributed by atoms with Gasteiger partial charge in [0.15, 0.2) is 0 Å². The molecule has 2 aromatic carbocycles. The van der Waals surface area contributed by atoms with Gasteiger partial charge >= 0.3 is 0 Å². The molecule has 118 valence electrons. The fourth-order valence-electron chi connectivity index (χ4n) is 1.86. The highest BCUT2D eigenvalue weighted by atomic mass is 16.5. The average Bonchev–Trinajstić information content (AvgIpc) is 2.56. The van der Waals surface area contributed by atoms with Crippen LogP contribution in [0.2, 0.25) is 0 Å². The number of rotatable bonds is 6. The third kappa shape index (κ3) is 5.28. The number of nitrogens with zero attached hydrogens (tertiary/aromatic N) is 1. The van der Waals surface area contributed by atoms with Crippen LogP contribution in [0.3, 0.4) is 0 Å². The molecule has 0 aromatic heterocycles. The summed E-state index contributed by atoms with van der Waals surface area (Å²) in [6.07, 6.45) is 1.16. The number of carbonyl (C=O) groups excluding carboxylic acids is 2. The van der Waals surface area contributed by atoms with Crippen molar-refractivity contribution in [1.29, 1.82) is 0 Å².